The number of hydrogen-bond acceptors (Lipinski definition) is 4. The van der Waals surface area contributed by atoms with Gasteiger partial charge < -0.3 is 4.74 Å². The Balaban J connectivity index is 1.52. The minimum atomic E-state index is 0.556. The Morgan fingerprint density at radius 3 is 2.88 bits per heavy atom. The van der Waals surface area contributed by atoms with Gasteiger partial charge in [0.25, 0.3) is 0 Å². The number of fused-ring (bicyclic) bond motifs is 1. The van der Waals surface area contributed by atoms with Crippen LogP contribution in [0.15, 0.2) is 46.9 Å². The highest BCUT2D eigenvalue weighted by Crippen LogP contribution is 2.33. The Labute approximate surface area is 160 Å². The van der Waals surface area contributed by atoms with Crippen molar-refractivity contribution >= 4 is 37.5 Å². The van der Waals surface area contributed by atoms with Crippen LogP contribution in [0.3, 0.4) is 0 Å². The summed E-state index contributed by atoms with van der Waals surface area (Å²) < 4.78 is 13.0. The highest BCUT2D eigenvalue weighted by atomic mass is 79.9. The van der Waals surface area contributed by atoms with Crippen molar-refractivity contribution in [3.63, 3.8) is 0 Å². The smallest absolute Gasteiger partial charge is 0.120 e. The summed E-state index contributed by atoms with van der Waals surface area (Å²) >= 11 is 5.02. The number of likely N-dealkylation sites (tertiary alicyclic amines) is 1. The first-order chi connectivity index (χ1) is 12.2. The van der Waals surface area contributed by atoms with Crippen LogP contribution >= 0.6 is 27.5 Å². The van der Waals surface area contributed by atoms with Crippen LogP contribution in [0.2, 0.25) is 0 Å². The molecule has 0 amide bonds. The second-order valence-corrected chi connectivity index (χ2v) is 8.15. The summed E-state index contributed by atoms with van der Waals surface area (Å²) in [6.45, 7) is 5.32. The van der Waals surface area contributed by atoms with Crippen molar-refractivity contribution in [1.82, 2.24) is 9.27 Å². The summed E-state index contributed by atoms with van der Waals surface area (Å²) in [4.78, 5) is 2.51. The van der Waals surface area contributed by atoms with Gasteiger partial charge >= 0.3 is 0 Å². The first-order valence-corrected chi connectivity index (χ1v) is 10.3. The molecule has 5 heteroatoms. The number of halogens is 1. The van der Waals surface area contributed by atoms with E-state index in [2.05, 4.69) is 74.6 Å². The molecule has 4 rings (SSSR count). The minimum Gasteiger partial charge on any atom is -0.492 e. The van der Waals surface area contributed by atoms with E-state index in [0.29, 0.717) is 6.04 Å². The van der Waals surface area contributed by atoms with Crippen LogP contribution in [-0.4, -0.2) is 35.0 Å². The molecular formula is C20H21BrN2OS. The van der Waals surface area contributed by atoms with Crippen molar-refractivity contribution in [2.75, 3.05) is 19.7 Å². The molecule has 1 saturated heterocycles. The van der Waals surface area contributed by atoms with Crippen LogP contribution in [0, 0.1) is 0 Å². The molecule has 1 aromatic heterocycles. The van der Waals surface area contributed by atoms with Crippen LogP contribution in [-0.2, 0) is 0 Å². The molecule has 3 aromatic rings. The van der Waals surface area contributed by atoms with E-state index >= 15 is 0 Å². The normalized spacial score (nSPS) is 18.1. The predicted octanol–water partition coefficient (Wildman–Crippen LogP) is 5.59. The second kappa shape index (κ2) is 7.44. The number of benzene rings is 2. The predicted molar refractivity (Wildman–Crippen MR) is 109 cm³/mol. The highest BCUT2D eigenvalue weighted by molar-refractivity contribution is 9.10. The Morgan fingerprint density at radius 1 is 1.24 bits per heavy atom. The summed E-state index contributed by atoms with van der Waals surface area (Å²) in [6.07, 6.45) is 2.52. The lowest BCUT2D eigenvalue weighted by atomic mass is 10.1. The highest BCUT2D eigenvalue weighted by Gasteiger charge is 2.23. The molecule has 2 heterocycles. The molecule has 0 spiro atoms. The standard InChI is InChI=1S/C20H21BrN2OS/c1-2-23-11-3-4-16(23)13-24-17-9-10-18-19(12-17)25-22-20(18)14-5-7-15(21)8-6-14/h5-10,12,16H,2-4,11,13H2,1H3. The van der Waals surface area contributed by atoms with Gasteiger partial charge in [-0.25, -0.2) is 0 Å². The second-order valence-electron chi connectivity index (χ2n) is 6.43. The van der Waals surface area contributed by atoms with Gasteiger partial charge in [0.05, 0.1) is 10.4 Å². The number of hydrogen-bond donors (Lipinski definition) is 0. The third-order valence-corrected chi connectivity index (χ3v) is 6.25. The fourth-order valence-electron chi connectivity index (χ4n) is 3.52. The molecule has 1 aliphatic rings. The lowest BCUT2D eigenvalue weighted by Crippen LogP contribution is -2.33. The van der Waals surface area contributed by atoms with Gasteiger partial charge in [0.2, 0.25) is 0 Å². The van der Waals surface area contributed by atoms with E-state index in [1.54, 1.807) is 0 Å². The Morgan fingerprint density at radius 2 is 2.08 bits per heavy atom. The molecule has 0 N–H and O–H groups in total. The summed E-state index contributed by atoms with van der Waals surface area (Å²) in [5.74, 6) is 0.946. The maximum absolute atomic E-state index is 6.09. The van der Waals surface area contributed by atoms with Gasteiger partial charge in [0, 0.05) is 21.5 Å². The van der Waals surface area contributed by atoms with Gasteiger partial charge in [-0.05, 0) is 67.8 Å². The molecule has 0 aliphatic carbocycles. The first kappa shape index (κ1) is 17.0. The quantitative estimate of drug-likeness (QED) is 0.541. The molecule has 0 bridgehead atoms. The molecule has 2 aromatic carbocycles. The van der Waals surface area contributed by atoms with Crippen LogP contribution in [0.5, 0.6) is 5.75 Å². The van der Waals surface area contributed by atoms with Crippen LogP contribution in [0.1, 0.15) is 19.8 Å². The van der Waals surface area contributed by atoms with Gasteiger partial charge in [-0.3, -0.25) is 4.90 Å². The fourth-order valence-corrected chi connectivity index (χ4v) is 4.61. The zero-order valence-electron chi connectivity index (χ0n) is 14.2. The molecule has 1 unspecified atom stereocenters. The van der Waals surface area contributed by atoms with Crippen molar-refractivity contribution in [2.24, 2.45) is 0 Å². The number of rotatable bonds is 5. The summed E-state index contributed by atoms with van der Waals surface area (Å²) in [5.41, 5.74) is 2.19. The molecule has 130 valence electrons. The monoisotopic (exact) mass is 416 g/mol. The Bertz CT molecular complexity index is 862. The molecule has 1 fully saturated rings. The van der Waals surface area contributed by atoms with Crippen molar-refractivity contribution in [1.29, 1.82) is 0 Å². The van der Waals surface area contributed by atoms with Gasteiger partial charge in [0.15, 0.2) is 0 Å². The van der Waals surface area contributed by atoms with Crippen LogP contribution in [0.25, 0.3) is 21.3 Å². The zero-order valence-corrected chi connectivity index (χ0v) is 16.6. The Kier molecular flexibility index (Phi) is 5.06. The van der Waals surface area contributed by atoms with E-state index in [1.807, 2.05) is 0 Å². The lowest BCUT2D eigenvalue weighted by molar-refractivity contribution is 0.179. The third-order valence-electron chi connectivity index (χ3n) is 4.91. The molecule has 0 saturated carbocycles. The van der Waals surface area contributed by atoms with E-state index < -0.39 is 0 Å². The largest absolute Gasteiger partial charge is 0.492 e. The molecular weight excluding hydrogens is 396 g/mol. The van der Waals surface area contributed by atoms with E-state index in [0.717, 1.165) is 34.6 Å². The number of nitrogens with zero attached hydrogens (tertiary/aromatic N) is 2. The number of ether oxygens (including phenoxy) is 1. The summed E-state index contributed by atoms with van der Waals surface area (Å²) in [6, 6.07) is 15.2. The SMILES string of the molecule is CCN1CCCC1COc1ccc2c(-c3ccc(Br)cc3)nsc2c1. The number of aromatic nitrogens is 1. The molecule has 25 heavy (non-hydrogen) atoms. The van der Waals surface area contributed by atoms with Crippen molar-refractivity contribution in [3.8, 4) is 17.0 Å². The topological polar surface area (TPSA) is 25.4 Å². The van der Waals surface area contributed by atoms with Crippen LogP contribution in [0.4, 0.5) is 0 Å². The van der Waals surface area contributed by atoms with Crippen molar-refractivity contribution < 1.29 is 4.74 Å². The van der Waals surface area contributed by atoms with Crippen molar-refractivity contribution in [3.05, 3.63) is 46.9 Å². The molecule has 1 aliphatic heterocycles. The molecule has 1 atom stereocenters. The van der Waals surface area contributed by atoms with Gasteiger partial charge in [-0.15, -0.1) is 0 Å². The third kappa shape index (κ3) is 3.59. The summed E-state index contributed by atoms with van der Waals surface area (Å²) in [5, 5.41) is 1.19. The van der Waals surface area contributed by atoms with E-state index in [9.17, 15) is 0 Å². The first-order valence-electron chi connectivity index (χ1n) is 8.77. The lowest BCUT2D eigenvalue weighted by Gasteiger charge is -2.22. The zero-order chi connectivity index (χ0) is 17.2. The molecule has 3 nitrogen and oxygen atoms in total. The fraction of sp³-hybridized carbons (Fsp3) is 0.350. The minimum absolute atomic E-state index is 0.556. The average Bonchev–Trinajstić information content (AvgIpc) is 3.26. The van der Waals surface area contributed by atoms with Gasteiger partial charge in [-0.1, -0.05) is 35.0 Å². The Hall–Kier alpha value is -1.43. The number of likely N-dealkylation sites (N-methyl/N-ethyl adjacent to an activating group) is 1. The maximum atomic E-state index is 6.09. The van der Waals surface area contributed by atoms with Gasteiger partial charge in [0.1, 0.15) is 12.4 Å². The van der Waals surface area contributed by atoms with Crippen LogP contribution < -0.4 is 4.74 Å². The summed E-state index contributed by atoms with van der Waals surface area (Å²) in [7, 11) is 0. The van der Waals surface area contributed by atoms with E-state index in [1.165, 1.54) is 41.0 Å². The average molecular weight is 417 g/mol. The maximum Gasteiger partial charge on any atom is 0.120 e. The van der Waals surface area contributed by atoms with E-state index in [-0.39, 0.29) is 0 Å². The van der Waals surface area contributed by atoms with Gasteiger partial charge in [-0.2, -0.15) is 4.37 Å². The molecule has 0 radical (unpaired) electrons. The van der Waals surface area contributed by atoms with Crippen molar-refractivity contribution in [2.45, 2.75) is 25.8 Å². The van der Waals surface area contributed by atoms with E-state index in [4.69, 9.17) is 4.74 Å².